The van der Waals surface area contributed by atoms with Gasteiger partial charge in [-0.2, -0.15) is 0 Å². The molecule has 1 fully saturated rings. The van der Waals surface area contributed by atoms with E-state index in [9.17, 15) is 23.3 Å². The maximum atomic E-state index is 13.1. The van der Waals surface area contributed by atoms with Gasteiger partial charge in [0.25, 0.3) is 21.6 Å². The Bertz CT molecular complexity index is 1080. The van der Waals surface area contributed by atoms with Crippen molar-refractivity contribution < 1.29 is 22.9 Å². The van der Waals surface area contributed by atoms with E-state index in [-0.39, 0.29) is 39.9 Å². The highest BCUT2D eigenvalue weighted by Crippen LogP contribution is 2.26. The monoisotopic (exact) mass is 433 g/mol. The number of anilines is 1. The number of para-hydroxylation sites is 1. The molecular weight excluding hydrogens is 410 g/mol. The molecule has 0 spiro atoms. The van der Waals surface area contributed by atoms with Gasteiger partial charge in [-0.3, -0.25) is 19.6 Å². The van der Waals surface area contributed by atoms with Crippen LogP contribution < -0.4 is 4.72 Å². The fourth-order valence-corrected chi connectivity index (χ4v) is 4.81. The van der Waals surface area contributed by atoms with Crippen LogP contribution in [0.15, 0.2) is 47.4 Å². The molecule has 2 atom stereocenters. The van der Waals surface area contributed by atoms with E-state index < -0.39 is 14.9 Å². The molecule has 1 N–H and O–H groups in total. The van der Waals surface area contributed by atoms with Crippen LogP contribution in [0.2, 0.25) is 0 Å². The minimum Gasteiger partial charge on any atom is -0.372 e. The second-order valence-electron chi connectivity index (χ2n) is 7.33. The quantitative estimate of drug-likeness (QED) is 0.572. The lowest BCUT2D eigenvalue weighted by Crippen LogP contribution is -2.48. The first-order valence-electron chi connectivity index (χ1n) is 9.40. The zero-order valence-electron chi connectivity index (χ0n) is 16.9. The molecule has 2 aromatic carbocycles. The van der Waals surface area contributed by atoms with E-state index >= 15 is 0 Å². The minimum atomic E-state index is -4.16. The Labute approximate surface area is 174 Å². The summed E-state index contributed by atoms with van der Waals surface area (Å²) in [5, 5.41) is 11.1. The SMILES string of the molecule is Cc1ccc([N+](=O)[O-])cc1S(=O)(=O)Nc1ccccc1C(=O)N1CC(C)OC(C)C1. The molecule has 3 rings (SSSR count). The van der Waals surface area contributed by atoms with E-state index in [2.05, 4.69) is 4.72 Å². The Morgan fingerprint density at radius 2 is 1.80 bits per heavy atom. The van der Waals surface area contributed by atoms with Crippen molar-refractivity contribution in [2.24, 2.45) is 0 Å². The maximum Gasteiger partial charge on any atom is 0.270 e. The number of non-ortho nitro benzene ring substituents is 1. The Balaban J connectivity index is 1.94. The third-order valence-electron chi connectivity index (χ3n) is 4.78. The lowest BCUT2D eigenvalue weighted by atomic mass is 10.1. The third kappa shape index (κ3) is 4.60. The molecule has 0 aromatic heterocycles. The first-order valence-corrected chi connectivity index (χ1v) is 10.9. The predicted octanol–water partition coefficient (Wildman–Crippen LogP) is 2.95. The maximum absolute atomic E-state index is 13.1. The van der Waals surface area contributed by atoms with Gasteiger partial charge in [0.1, 0.15) is 0 Å². The minimum absolute atomic E-state index is 0.111. The van der Waals surface area contributed by atoms with Crippen LogP contribution in [0.1, 0.15) is 29.8 Å². The number of nitrogens with zero attached hydrogens (tertiary/aromatic N) is 2. The van der Waals surface area contributed by atoms with Crippen molar-refractivity contribution in [3.63, 3.8) is 0 Å². The van der Waals surface area contributed by atoms with Gasteiger partial charge < -0.3 is 9.64 Å². The number of carbonyl (C=O) groups excluding carboxylic acids is 1. The molecule has 2 aromatic rings. The molecule has 1 amide bonds. The van der Waals surface area contributed by atoms with Gasteiger partial charge >= 0.3 is 0 Å². The van der Waals surface area contributed by atoms with Crippen molar-refractivity contribution in [3.8, 4) is 0 Å². The van der Waals surface area contributed by atoms with Crippen molar-refractivity contribution in [3.05, 3.63) is 63.7 Å². The van der Waals surface area contributed by atoms with Gasteiger partial charge in [-0.15, -0.1) is 0 Å². The number of benzene rings is 2. The summed E-state index contributed by atoms with van der Waals surface area (Å²) in [5.41, 5.74) is 0.333. The Hall–Kier alpha value is -2.98. The number of aryl methyl sites for hydroxylation is 1. The van der Waals surface area contributed by atoms with E-state index in [1.807, 2.05) is 13.8 Å². The van der Waals surface area contributed by atoms with E-state index in [1.165, 1.54) is 18.2 Å². The van der Waals surface area contributed by atoms with Crippen LogP contribution in [0.5, 0.6) is 0 Å². The number of carbonyl (C=O) groups is 1. The second-order valence-corrected chi connectivity index (χ2v) is 8.98. The van der Waals surface area contributed by atoms with E-state index in [1.54, 1.807) is 30.0 Å². The molecule has 0 saturated carbocycles. The highest BCUT2D eigenvalue weighted by atomic mass is 32.2. The van der Waals surface area contributed by atoms with Crippen LogP contribution in [0, 0.1) is 17.0 Å². The van der Waals surface area contributed by atoms with Gasteiger partial charge in [0.2, 0.25) is 0 Å². The number of hydrogen-bond donors (Lipinski definition) is 1. The molecule has 1 aliphatic rings. The van der Waals surface area contributed by atoms with Crippen molar-refractivity contribution in [1.29, 1.82) is 0 Å². The molecule has 0 bridgehead atoms. The number of nitrogens with one attached hydrogen (secondary N) is 1. The lowest BCUT2D eigenvalue weighted by molar-refractivity contribution is -0.385. The summed E-state index contributed by atoms with van der Waals surface area (Å²) in [4.78, 5) is 24.9. The van der Waals surface area contributed by atoms with Gasteiger partial charge in [0.05, 0.1) is 33.3 Å². The van der Waals surface area contributed by atoms with Crippen molar-refractivity contribution >= 4 is 27.3 Å². The summed E-state index contributed by atoms with van der Waals surface area (Å²) in [6.07, 6.45) is -0.261. The Morgan fingerprint density at radius 3 is 2.43 bits per heavy atom. The zero-order chi connectivity index (χ0) is 22.1. The smallest absolute Gasteiger partial charge is 0.270 e. The second kappa shape index (κ2) is 8.41. The molecule has 0 radical (unpaired) electrons. The summed E-state index contributed by atoms with van der Waals surface area (Å²) in [6, 6.07) is 9.92. The van der Waals surface area contributed by atoms with Gasteiger partial charge in [0.15, 0.2) is 0 Å². The van der Waals surface area contributed by atoms with E-state index in [0.717, 1.165) is 6.07 Å². The summed E-state index contributed by atoms with van der Waals surface area (Å²) < 4.78 is 34.0. The average Bonchev–Trinajstić information content (AvgIpc) is 2.66. The molecule has 1 heterocycles. The molecule has 30 heavy (non-hydrogen) atoms. The van der Waals surface area contributed by atoms with Crippen LogP contribution in [0.25, 0.3) is 0 Å². The van der Waals surface area contributed by atoms with Crippen LogP contribution in [-0.4, -0.2) is 49.4 Å². The van der Waals surface area contributed by atoms with Crippen LogP contribution in [-0.2, 0) is 14.8 Å². The fourth-order valence-electron chi connectivity index (χ4n) is 3.46. The number of nitro groups is 1. The number of hydrogen-bond acceptors (Lipinski definition) is 6. The van der Waals surface area contributed by atoms with E-state index in [4.69, 9.17) is 4.74 Å². The molecule has 1 aliphatic heterocycles. The van der Waals surface area contributed by atoms with E-state index in [0.29, 0.717) is 18.7 Å². The van der Waals surface area contributed by atoms with Crippen LogP contribution in [0.4, 0.5) is 11.4 Å². The number of rotatable bonds is 5. The lowest BCUT2D eigenvalue weighted by Gasteiger charge is -2.35. The third-order valence-corrected chi connectivity index (χ3v) is 6.29. The van der Waals surface area contributed by atoms with Gasteiger partial charge in [0, 0.05) is 25.2 Å². The largest absolute Gasteiger partial charge is 0.372 e. The molecule has 9 nitrogen and oxygen atoms in total. The average molecular weight is 433 g/mol. The summed E-state index contributed by atoms with van der Waals surface area (Å²) in [7, 11) is -4.16. The van der Waals surface area contributed by atoms with Crippen LogP contribution >= 0.6 is 0 Å². The van der Waals surface area contributed by atoms with Crippen molar-refractivity contribution in [1.82, 2.24) is 4.90 Å². The normalized spacial score (nSPS) is 19.4. The number of nitro benzene ring substituents is 1. The molecule has 2 unspecified atom stereocenters. The topological polar surface area (TPSA) is 119 Å². The predicted molar refractivity (Wildman–Crippen MR) is 111 cm³/mol. The number of sulfonamides is 1. The van der Waals surface area contributed by atoms with Crippen molar-refractivity contribution in [2.45, 2.75) is 37.9 Å². The van der Waals surface area contributed by atoms with Gasteiger partial charge in [-0.1, -0.05) is 18.2 Å². The van der Waals surface area contributed by atoms with Gasteiger partial charge in [-0.25, -0.2) is 8.42 Å². The highest BCUT2D eigenvalue weighted by molar-refractivity contribution is 7.92. The molecule has 1 saturated heterocycles. The van der Waals surface area contributed by atoms with Gasteiger partial charge in [-0.05, 0) is 38.5 Å². The molecular formula is C20H23N3O6S. The van der Waals surface area contributed by atoms with Crippen molar-refractivity contribution in [2.75, 3.05) is 17.8 Å². The first kappa shape index (κ1) is 21.7. The Kier molecular flexibility index (Phi) is 6.09. The summed E-state index contributed by atoms with van der Waals surface area (Å²) >= 11 is 0. The summed E-state index contributed by atoms with van der Waals surface area (Å²) in [6.45, 7) is 6.08. The standard InChI is InChI=1S/C20H23N3O6S/c1-13-8-9-16(23(25)26)10-19(13)30(27,28)21-18-7-5-4-6-17(18)20(24)22-11-14(2)29-15(3)12-22/h4-10,14-15,21H,11-12H2,1-3H3. The highest BCUT2D eigenvalue weighted by Gasteiger charge is 2.29. The zero-order valence-corrected chi connectivity index (χ0v) is 17.7. The number of morpholine rings is 1. The number of ether oxygens (including phenoxy) is 1. The fraction of sp³-hybridized carbons (Fsp3) is 0.350. The molecule has 10 heteroatoms. The first-order chi connectivity index (χ1) is 14.1. The molecule has 160 valence electrons. The van der Waals surface area contributed by atoms with Crippen LogP contribution in [0.3, 0.4) is 0 Å². The number of amides is 1. The Morgan fingerprint density at radius 1 is 1.17 bits per heavy atom. The summed E-state index contributed by atoms with van der Waals surface area (Å²) in [5.74, 6) is -0.314. The molecule has 0 aliphatic carbocycles.